The molecule has 0 radical (unpaired) electrons. The molecule has 3 unspecified atom stereocenters. The molecule has 0 saturated carbocycles. The fourth-order valence-electron chi connectivity index (χ4n) is 3.91. The summed E-state index contributed by atoms with van der Waals surface area (Å²) in [6.07, 6.45) is 2.68. The van der Waals surface area contributed by atoms with E-state index in [9.17, 15) is 9.59 Å². The third-order valence-electron chi connectivity index (χ3n) is 5.70. The van der Waals surface area contributed by atoms with Crippen LogP contribution in [0.15, 0.2) is 54.6 Å². The molecule has 1 fully saturated rings. The maximum absolute atomic E-state index is 13.4. The van der Waals surface area contributed by atoms with Crippen LogP contribution in [0.25, 0.3) is 0 Å². The van der Waals surface area contributed by atoms with Gasteiger partial charge < -0.3 is 10.2 Å². The monoisotopic (exact) mass is 438 g/mol. The molecule has 166 valence electrons. The summed E-state index contributed by atoms with van der Waals surface area (Å²) < 4.78 is 0. The Labute approximate surface area is 190 Å². The van der Waals surface area contributed by atoms with Crippen molar-refractivity contribution in [1.29, 1.82) is 0 Å². The Kier molecular flexibility index (Phi) is 8.19. The Hall–Kier alpha value is -2.27. The van der Waals surface area contributed by atoms with Crippen molar-refractivity contribution in [3.63, 3.8) is 0 Å². The molecule has 2 amide bonds. The molecule has 1 aliphatic rings. The van der Waals surface area contributed by atoms with Crippen LogP contribution >= 0.6 is 11.8 Å². The van der Waals surface area contributed by atoms with E-state index >= 15 is 0 Å². The summed E-state index contributed by atoms with van der Waals surface area (Å²) in [6, 6.07) is 17.6. The van der Waals surface area contributed by atoms with Gasteiger partial charge >= 0.3 is 0 Å². The second-order valence-corrected chi connectivity index (χ2v) is 10.2. The molecule has 0 spiro atoms. The van der Waals surface area contributed by atoms with E-state index in [4.69, 9.17) is 0 Å². The lowest BCUT2D eigenvalue weighted by atomic mass is 10.1. The van der Waals surface area contributed by atoms with Gasteiger partial charge in [0.25, 0.3) is 5.91 Å². The number of carbonyl (C=O) groups excluding carboxylic acids is 2. The van der Waals surface area contributed by atoms with Crippen LogP contribution in [0.3, 0.4) is 0 Å². The second-order valence-electron chi connectivity index (χ2n) is 8.95. The van der Waals surface area contributed by atoms with Gasteiger partial charge in [-0.05, 0) is 56.7 Å². The zero-order valence-corrected chi connectivity index (χ0v) is 19.8. The Morgan fingerprint density at radius 3 is 2.39 bits per heavy atom. The summed E-state index contributed by atoms with van der Waals surface area (Å²) in [7, 11) is 0. The molecule has 5 heteroatoms. The zero-order valence-electron chi connectivity index (χ0n) is 19.0. The van der Waals surface area contributed by atoms with Crippen molar-refractivity contribution in [2.45, 2.75) is 64.4 Å². The Morgan fingerprint density at radius 2 is 1.74 bits per heavy atom. The number of aryl methyl sites for hydroxylation is 2. The molecule has 0 aromatic heterocycles. The third kappa shape index (κ3) is 6.36. The molecule has 2 aromatic carbocycles. The fraction of sp³-hybridized carbons (Fsp3) is 0.462. The first kappa shape index (κ1) is 23.4. The van der Waals surface area contributed by atoms with Gasteiger partial charge in [0, 0.05) is 17.4 Å². The van der Waals surface area contributed by atoms with Crippen LogP contribution < -0.4 is 5.32 Å². The van der Waals surface area contributed by atoms with Crippen LogP contribution in [0.2, 0.25) is 0 Å². The van der Waals surface area contributed by atoms with Crippen LogP contribution in [-0.2, 0) is 11.2 Å². The Bertz CT molecular complexity index is 867. The first-order valence-electron chi connectivity index (χ1n) is 11.2. The Balaban J connectivity index is 1.68. The predicted molar refractivity (Wildman–Crippen MR) is 129 cm³/mol. The van der Waals surface area contributed by atoms with E-state index in [-0.39, 0.29) is 23.2 Å². The summed E-state index contributed by atoms with van der Waals surface area (Å²) in [4.78, 5) is 28.4. The number of rotatable bonds is 8. The summed E-state index contributed by atoms with van der Waals surface area (Å²) in [5, 5.41) is 3.20. The van der Waals surface area contributed by atoms with Crippen LogP contribution in [0.5, 0.6) is 0 Å². The van der Waals surface area contributed by atoms with Gasteiger partial charge in [0.05, 0.1) is 5.37 Å². The van der Waals surface area contributed by atoms with Gasteiger partial charge in [-0.15, -0.1) is 11.8 Å². The zero-order chi connectivity index (χ0) is 22.4. The molecule has 1 heterocycles. The highest BCUT2D eigenvalue weighted by Crippen LogP contribution is 2.34. The van der Waals surface area contributed by atoms with Crippen LogP contribution in [0, 0.1) is 12.8 Å². The molecule has 0 bridgehead atoms. The molecule has 1 saturated heterocycles. The number of hydrogen-bond donors (Lipinski definition) is 1. The Morgan fingerprint density at radius 1 is 1.06 bits per heavy atom. The molecule has 1 aliphatic heterocycles. The van der Waals surface area contributed by atoms with Crippen molar-refractivity contribution in [2.75, 3.05) is 5.75 Å². The number of thioether (sulfide) groups is 1. The maximum Gasteiger partial charge on any atom is 0.255 e. The fourth-order valence-corrected chi connectivity index (χ4v) is 5.55. The number of hydrogen-bond acceptors (Lipinski definition) is 3. The average Bonchev–Trinajstić information content (AvgIpc) is 3.16. The van der Waals surface area contributed by atoms with Gasteiger partial charge in [0.15, 0.2) is 0 Å². The van der Waals surface area contributed by atoms with Crippen molar-refractivity contribution in [2.24, 2.45) is 5.92 Å². The van der Waals surface area contributed by atoms with Gasteiger partial charge in [0.2, 0.25) is 5.91 Å². The van der Waals surface area contributed by atoms with Crippen LogP contribution in [-0.4, -0.2) is 39.9 Å². The van der Waals surface area contributed by atoms with E-state index in [1.807, 2.05) is 61.2 Å². The standard InChI is InChI=1S/C26H34N2O2S/c1-18(2)16-24-28(26(30)22-14-10-19(3)11-15-22)23(17-31-24)25(29)27-20(4)12-13-21-8-6-5-7-9-21/h5-11,14-15,18,20,23-24H,12-13,16-17H2,1-4H3,(H,27,29). The third-order valence-corrected chi connectivity index (χ3v) is 7.01. The van der Waals surface area contributed by atoms with Crippen LogP contribution in [0.1, 0.15) is 55.1 Å². The molecule has 2 aromatic rings. The highest BCUT2D eigenvalue weighted by atomic mass is 32.2. The largest absolute Gasteiger partial charge is 0.352 e. The van der Waals surface area contributed by atoms with E-state index in [2.05, 4.69) is 31.3 Å². The second kappa shape index (κ2) is 10.9. The van der Waals surface area contributed by atoms with Gasteiger partial charge in [-0.2, -0.15) is 0 Å². The maximum atomic E-state index is 13.4. The molecule has 31 heavy (non-hydrogen) atoms. The first-order chi connectivity index (χ1) is 14.8. The van der Waals surface area contributed by atoms with Crippen molar-refractivity contribution >= 4 is 23.6 Å². The molecule has 0 aliphatic carbocycles. The summed E-state index contributed by atoms with van der Waals surface area (Å²) >= 11 is 1.72. The lowest BCUT2D eigenvalue weighted by Gasteiger charge is -2.30. The molecule has 1 N–H and O–H groups in total. The quantitative estimate of drug-likeness (QED) is 0.627. The first-order valence-corrected chi connectivity index (χ1v) is 12.2. The summed E-state index contributed by atoms with van der Waals surface area (Å²) in [5.74, 6) is 1.01. The number of nitrogens with zero attached hydrogens (tertiary/aromatic N) is 1. The lowest BCUT2D eigenvalue weighted by Crippen LogP contribution is -2.51. The molecular formula is C26H34N2O2S. The van der Waals surface area contributed by atoms with E-state index in [1.54, 1.807) is 11.8 Å². The van der Waals surface area contributed by atoms with E-state index in [1.165, 1.54) is 5.56 Å². The molecule has 3 atom stereocenters. The van der Waals surface area contributed by atoms with Gasteiger partial charge in [0.1, 0.15) is 6.04 Å². The molecule has 4 nitrogen and oxygen atoms in total. The SMILES string of the molecule is Cc1ccc(C(=O)N2C(CC(C)C)SCC2C(=O)NC(C)CCc2ccccc2)cc1. The van der Waals surface area contributed by atoms with Crippen LogP contribution in [0.4, 0.5) is 0 Å². The topological polar surface area (TPSA) is 49.4 Å². The van der Waals surface area contributed by atoms with Crippen molar-refractivity contribution in [3.05, 3.63) is 71.3 Å². The lowest BCUT2D eigenvalue weighted by molar-refractivity contribution is -0.125. The average molecular weight is 439 g/mol. The highest BCUT2D eigenvalue weighted by Gasteiger charge is 2.42. The number of carbonyl (C=O) groups is 2. The summed E-state index contributed by atoms with van der Waals surface area (Å²) in [6.45, 7) is 8.37. The molecule has 3 rings (SSSR count). The van der Waals surface area contributed by atoms with E-state index in [0.29, 0.717) is 17.2 Å². The van der Waals surface area contributed by atoms with E-state index < -0.39 is 6.04 Å². The predicted octanol–water partition coefficient (Wildman–Crippen LogP) is 5.06. The number of benzene rings is 2. The molecular weight excluding hydrogens is 404 g/mol. The summed E-state index contributed by atoms with van der Waals surface area (Å²) in [5.41, 5.74) is 3.04. The van der Waals surface area contributed by atoms with E-state index in [0.717, 1.165) is 24.8 Å². The highest BCUT2D eigenvalue weighted by molar-refractivity contribution is 8.00. The minimum Gasteiger partial charge on any atom is -0.352 e. The normalized spacial score (nSPS) is 19.5. The van der Waals surface area contributed by atoms with Crippen molar-refractivity contribution in [3.8, 4) is 0 Å². The minimum atomic E-state index is -0.429. The smallest absolute Gasteiger partial charge is 0.255 e. The minimum absolute atomic E-state index is 0.0316. The van der Waals surface area contributed by atoms with Gasteiger partial charge in [-0.1, -0.05) is 61.9 Å². The number of nitrogens with one attached hydrogen (secondary N) is 1. The van der Waals surface area contributed by atoms with Gasteiger partial charge in [-0.3, -0.25) is 9.59 Å². The van der Waals surface area contributed by atoms with Crippen molar-refractivity contribution < 1.29 is 9.59 Å². The van der Waals surface area contributed by atoms with Gasteiger partial charge in [-0.25, -0.2) is 0 Å². The van der Waals surface area contributed by atoms with Crippen molar-refractivity contribution in [1.82, 2.24) is 10.2 Å². The number of amides is 2.